The summed E-state index contributed by atoms with van der Waals surface area (Å²) in [4.78, 5) is 11.3. The van der Waals surface area contributed by atoms with Gasteiger partial charge >= 0.3 is 5.97 Å². The third-order valence-electron chi connectivity index (χ3n) is 1.73. The Morgan fingerprint density at radius 3 is 2.00 bits per heavy atom. The van der Waals surface area contributed by atoms with E-state index in [0.717, 1.165) is 6.92 Å². The van der Waals surface area contributed by atoms with E-state index in [1.807, 2.05) is 0 Å². The normalized spacial score (nSPS) is 18.5. The van der Waals surface area contributed by atoms with Crippen molar-refractivity contribution in [3.8, 4) is 0 Å². The van der Waals surface area contributed by atoms with E-state index in [1.165, 1.54) is 0 Å². The Kier molecular flexibility index (Phi) is 4.18. The number of carbonyl (C=O) groups excluding carboxylic acids is 1. The Labute approximate surface area is 87.4 Å². The van der Waals surface area contributed by atoms with E-state index in [9.17, 15) is 18.7 Å². The highest BCUT2D eigenvalue weighted by molar-refractivity contribution is 5.77. The second-order valence-corrected chi connectivity index (χ2v) is 4.54. The fourth-order valence-electron chi connectivity index (χ4n) is 0.740. The first kappa shape index (κ1) is 14.2. The van der Waals surface area contributed by atoms with Crippen LogP contribution in [0.1, 0.15) is 27.7 Å². The van der Waals surface area contributed by atoms with Crippen LogP contribution in [0.4, 0.5) is 8.78 Å². The van der Waals surface area contributed by atoms with Crippen LogP contribution in [0.25, 0.3) is 0 Å². The van der Waals surface area contributed by atoms with Crippen LogP contribution in [0.5, 0.6) is 0 Å². The monoisotopic (exact) mass is 225 g/mol. The molecule has 3 N–H and O–H groups in total. The molecule has 0 heterocycles. The topological polar surface area (TPSA) is 72.5 Å². The number of rotatable bonds is 3. The van der Waals surface area contributed by atoms with Gasteiger partial charge < -0.3 is 15.6 Å². The molecule has 0 saturated heterocycles. The average molecular weight is 225 g/mol. The number of ether oxygens (including phenoxy) is 1. The third-order valence-corrected chi connectivity index (χ3v) is 1.73. The Morgan fingerprint density at radius 1 is 1.33 bits per heavy atom. The molecule has 0 bridgehead atoms. The molecular formula is C9H17F2NO3. The summed E-state index contributed by atoms with van der Waals surface area (Å²) in [6.07, 6.45) is -3.11. The van der Waals surface area contributed by atoms with E-state index in [-0.39, 0.29) is 0 Å². The molecule has 0 aliphatic heterocycles. The van der Waals surface area contributed by atoms with Gasteiger partial charge in [0.15, 0.2) is 0 Å². The summed E-state index contributed by atoms with van der Waals surface area (Å²) >= 11 is 0. The van der Waals surface area contributed by atoms with Crippen molar-refractivity contribution in [1.82, 2.24) is 0 Å². The number of hydrogen-bond donors (Lipinski definition) is 2. The van der Waals surface area contributed by atoms with Crippen LogP contribution >= 0.6 is 0 Å². The number of nitrogens with two attached hydrogens (primary N) is 1. The SMILES string of the molecule is CC(C)(C)OC(=O)[C@@H](N)[C@](C)(O)C(F)F. The van der Waals surface area contributed by atoms with Crippen LogP contribution in [-0.2, 0) is 9.53 Å². The first-order chi connectivity index (χ1) is 6.48. The van der Waals surface area contributed by atoms with Gasteiger partial charge in [0.1, 0.15) is 17.2 Å². The van der Waals surface area contributed by atoms with Gasteiger partial charge in [-0.25, -0.2) is 8.78 Å². The molecule has 0 aromatic heterocycles. The van der Waals surface area contributed by atoms with Crippen molar-refractivity contribution < 1.29 is 23.4 Å². The Morgan fingerprint density at radius 2 is 1.73 bits per heavy atom. The molecule has 2 atom stereocenters. The van der Waals surface area contributed by atoms with E-state index in [1.54, 1.807) is 20.8 Å². The third kappa shape index (κ3) is 4.09. The van der Waals surface area contributed by atoms with Crippen LogP contribution in [0.2, 0.25) is 0 Å². The summed E-state index contributed by atoms with van der Waals surface area (Å²) in [7, 11) is 0. The smallest absolute Gasteiger partial charge is 0.326 e. The quantitative estimate of drug-likeness (QED) is 0.692. The second-order valence-electron chi connectivity index (χ2n) is 4.54. The van der Waals surface area contributed by atoms with Crippen LogP contribution < -0.4 is 5.73 Å². The number of esters is 1. The summed E-state index contributed by atoms with van der Waals surface area (Å²) in [6, 6.07) is -1.77. The van der Waals surface area contributed by atoms with Gasteiger partial charge in [-0.05, 0) is 27.7 Å². The molecule has 15 heavy (non-hydrogen) atoms. The Hall–Kier alpha value is -0.750. The number of hydrogen-bond acceptors (Lipinski definition) is 4. The molecule has 0 amide bonds. The minimum absolute atomic E-state index is 0.798. The first-order valence-electron chi connectivity index (χ1n) is 4.47. The highest BCUT2D eigenvalue weighted by Gasteiger charge is 2.44. The molecule has 6 heteroatoms. The zero-order valence-electron chi connectivity index (χ0n) is 9.25. The van der Waals surface area contributed by atoms with Crippen molar-refractivity contribution in [2.24, 2.45) is 5.73 Å². The Bertz CT molecular complexity index is 236. The molecule has 0 radical (unpaired) electrons. The van der Waals surface area contributed by atoms with Crippen LogP contribution in [0.3, 0.4) is 0 Å². The molecule has 0 unspecified atom stereocenters. The van der Waals surface area contributed by atoms with E-state index in [4.69, 9.17) is 10.5 Å². The number of aliphatic hydroxyl groups is 1. The molecular weight excluding hydrogens is 208 g/mol. The molecule has 0 saturated carbocycles. The summed E-state index contributed by atoms with van der Waals surface area (Å²) < 4.78 is 29.4. The van der Waals surface area contributed by atoms with Crippen molar-refractivity contribution in [3.63, 3.8) is 0 Å². The molecule has 0 aliphatic rings. The maximum atomic E-state index is 12.3. The molecule has 0 aromatic carbocycles. The van der Waals surface area contributed by atoms with E-state index in [0.29, 0.717) is 0 Å². The maximum absolute atomic E-state index is 12.3. The van der Waals surface area contributed by atoms with Gasteiger partial charge in [-0.1, -0.05) is 0 Å². The lowest BCUT2D eigenvalue weighted by atomic mass is 9.98. The molecule has 90 valence electrons. The van der Waals surface area contributed by atoms with Gasteiger partial charge in [-0.15, -0.1) is 0 Å². The van der Waals surface area contributed by atoms with Gasteiger partial charge in [0.2, 0.25) is 0 Å². The molecule has 0 fully saturated rings. The van der Waals surface area contributed by atoms with Crippen molar-refractivity contribution in [1.29, 1.82) is 0 Å². The maximum Gasteiger partial charge on any atom is 0.326 e. The van der Waals surface area contributed by atoms with Crippen molar-refractivity contribution >= 4 is 5.97 Å². The lowest BCUT2D eigenvalue weighted by Crippen LogP contribution is -2.56. The largest absolute Gasteiger partial charge is 0.459 e. The predicted molar refractivity (Wildman–Crippen MR) is 50.4 cm³/mol. The van der Waals surface area contributed by atoms with E-state index >= 15 is 0 Å². The van der Waals surface area contributed by atoms with Crippen LogP contribution in [0.15, 0.2) is 0 Å². The molecule has 4 nitrogen and oxygen atoms in total. The van der Waals surface area contributed by atoms with Crippen molar-refractivity contribution in [2.45, 2.75) is 51.4 Å². The summed E-state index contributed by atoms with van der Waals surface area (Å²) in [6.45, 7) is 5.53. The minimum atomic E-state index is -3.11. The zero-order valence-corrected chi connectivity index (χ0v) is 9.25. The number of carbonyl (C=O) groups is 1. The van der Waals surface area contributed by atoms with Crippen LogP contribution in [0, 0.1) is 0 Å². The summed E-state index contributed by atoms with van der Waals surface area (Å²) in [5.74, 6) is -1.05. The fraction of sp³-hybridized carbons (Fsp3) is 0.889. The highest BCUT2D eigenvalue weighted by Crippen LogP contribution is 2.20. The fourth-order valence-corrected chi connectivity index (χ4v) is 0.740. The van der Waals surface area contributed by atoms with E-state index in [2.05, 4.69) is 0 Å². The molecule has 0 spiro atoms. The lowest BCUT2D eigenvalue weighted by molar-refractivity contribution is -0.171. The number of alkyl halides is 2. The van der Waals surface area contributed by atoms with Crippen molar-refractivity contribution in [3.05, 3.63) is 0 Å². The average Bonchev–Trinajstić information content (AvgIpc) is 1.99. The van der Waals surface area contributed by atoms with Crippen molar-refractivity contribution in [2.75, 3.05) is 0 Å². The number of halogens is 2. The standard InChI is InChI=1S/C9H17F2NO3/c1-8(2,3)15-6(13)5(12)9(4,14)7(10)11/h5,7,14H,12H2,1-4H3/t5-,9+/m1/s1. The van der Waals surface area contributed by atoms with Gasteiger partial charge in [-0.2, -0.15) is 0 Å². The van der Waals surface area contributed by atoms with Gasteiger partial charge in [-0.3, -0.25) is 4.79 Å². The molecule has 0 aliphatic carbocycles. The molecule has 0 rings (SSSR count). The predicted octanol–water partition coefficient (Wildman–Crippen LogP) is 0.672. The van der Waals surface area contributed by atoms with Gasteiger partial charge in [0.25, 0.3) is 6.43 Å². The van der Waals surface area contributed by atoms with Gasteiger partial charge in [0.05, 0.1) is 0 Å². The summed E-state index contributed by atoms with van der Waals surface area (Å²) in [5, 5.41) is 9.25. The summed E-state index contributed by atoms with van der Waals surface area (Å²) in [5.41, 5.74) is 1.79. The van der Waals surface area contributed by atoms with E-state index < -0.39 is 29.6 Å². The minimum Gasteiger partial charge on any atom is -0.459 e. The van der Waals surface area contributed by atoms with Crippen LogP contribution in [-0.4, -0.2) is 34.7 Å². The molecule has 0 aromatic rings. The second kappa shape index (κ2) is 4.40. The zero-order chi connectivity index (χ0) is 12.4. The first-order valence-corrected chi connectivity index (χ1v) is 4.47. The lowest BCUT2D eigenvalue weighted by Gasteiger charge is -2.30. The highest BCUT2D eigenvalue weighted by atomic mass is 19.3. The van der Waals surface area contributed by atoms with Gasteiger partial charge in [0, 0.05) is 0 Å². The Balaban J connectivity index is 4.59.